The SMILES string of the molecule is CC1CNCCC1=CC#N. The predicted octanol–water partition coefficient (Wildman–Crippen LogP) is 1.07. The Morgan fingerprint density at radius 1 is 1.80 bits per heavy atom. The maximum Gasteiger partial charge on any atom is 0.0911 e. The van der Waals surface area contributed by atoms with Crippen molar-refractivity contribution in [2.75, 3.05) is 13.1 Å². The van der Waals surface area contributed by atoms with Gasteiger partial charge in [0.15, 0.2) is 0 Å². The Hall–Kier alpha value is -0.810. The lowest BCUT2D eigenvalue weighted by atomic mass is 9.95. The summed E-state index contributed by atoms with van der Waals surface area (Å²) in [6.07, 6.45) is 2.72. The lowest BCUT2D eigenvalue weighted by Gasteiger charge is -2.21. The third-order valence-electron chi connectivity index (χ3n) is 1.92. The third kappa shape index (κ3) is 1.58. The van der Waals surface area contributed by atoms with Crippen molar-refractivity contribution in [3.8, 4) is 6.07 Å². The fourth-order valence-electron chi connectivity index (χ4n) is 1.23. The summed E-state index contributed by atoms with van der Waals surface area (Å²) < 4.78 is 0. The number of rotatable bonds is 0. The molecule has 1 N–H and O–H groups in total. The van der Waals surface area contributed by atoms with E-state index >= 15 is 0 Å². The van der Waals surface area contributed by atoms with E-state index in [2.05, 4.69) is 18.3 Å². The summed E-state index contributed by atoms with van der Waals surface area (Å²) >= 11 is 0. The fraction of sp³-hybridized carbons (Fsp3) is 0.625. The smallest absolute Gasteiger partial charge is 0.0911 e. The van der Waals surface area contributed by atoms with Crippen LogP contribution in [-0.4, -0.2) is 13.1 Å². The van der Waals surface area contributed by atoms with E-state index in [0.717, 1.165) is 19.5 Å². The first-order chi connectivity index (χ1) is 4.84. The molecule has 1 aliphatic rings. The number of nitrogens with one attached hydrogen (secondary N) is 1. The fourth-order valence-corrected chi connectivity index (χ4v) is 1.23. The van der Waals surface area contributed by atoms with Gasteiger partial charge in [-0.3, -0.25) is 0 Å². The van der Waals surface area contributed by atoms with Crippen LogP contribution >= 0.6 is 0 Å². The molecule has 1 aliphatic heterocycles. The van der Waals surface area contributed by atoms with Crippen LogP contribution in [0.3, 0.4) is 0 Å². The number of allylic oxidation sites excluding steroid dienone is 1. The summed E-state index contributed by atoms with van der Waals surface area (Å²) in [7, 11) is 0. The van der Waals surface area contributed by atoms with Crippen molar-refractivity contribution in [3.63, 3.8) is 0 Å². The minimum absolute atomic E-state index is 0.549. The van der Waals surface area contributed by atoms with E-state index in [4.69, 9.17) is 5.26 Å². The van der Waals surface area contributed by atoms with Crippen molar-refractivity contribution in [1.29, 1.82) is 5.26 Å². The van der Waals surface area contributed by atoms with E-state index in [-0.39, 0.29) is 0 Å². The molecule has 1 heterocycles. The number of nitriles is 1. The van der Waals surface area contributed by atoms with Crippen LogP contribution < -0.4 is 5.32 Å². The second-order valence-corrected chi connectivity index (χ2v) is 2.70. The minimum Gasteiger partial charge on any atom is -0.316 e. The van der Waals surface area contributed by atoms with Crippen molar-refractivity contribution in [2.24, 2.45) is 5.92 Å². The molecule has 0 radical (unpaired) electrons. The Bertz CT molecular complexity index is 176. The van der Waals surface area contributed by atoms with Crippen LogP contribution in [0.2, 0.25) is 0 Å². The summed E-state index contributed by atoms with van der Waals surface area (Å²) in [4.78, 5) is 0. The summed E-state index contributed by atoms with van der Waals surface area (Å²) in [5.41, 5.74) is 1.29. The van der Waals surface area contributed by atoms with Crippen LogP contribution in [-0.2, 0) is 0 Å². The highest BCUT2D eigenvalue weighted by atomic mass is 14.9. The van der Waals surface area contributed by atoms with Gasteiger partial charge in [0.1, 0.15) is 0 Å². The van der Waals surface area contributed by atoms with Crippen molar-refractivity contribution < 1.29 is 0 Å². The summed E-state index contributed by atoms with van der Waals surface area (Å²) in [6, 6.07) is 2.08. The molecule has 1 rings (SSSR count). The quantitative estimate of drug-likeness (QED) is 0.505. The molecule has 0 amide bonds. The molecule has 1 atom stereocenters. The first-order valence-corrected chi connectivity index (χ1v) is 3.64. The van der Waals surface area contributed by atoms with Crippen LogP contribution in [0, 0.1) is 17.2 Å². The molecule has 1 fully saturated rings. The molecule has 0 bridgehead atoms. The van der Waals surface area contributed by atoms with Crippen molar-refractivity contribution in [2.45, 2.75) is 13.3 Å². The monoisotopic (exact) mass is 136 g/mol. The molecule has 54 valence electrons. The lowest BCUT2D eigenvalue weighted by Crippen LogP contribution is -2.29. The van der Waals surface area contributed by atoms with Gasteiger partial charge in [-0.25, -0.2) is 0 Å². The molecular formula is C8H12N2. The summed E-state index contributed by atoms with van der Waals surface area (Å²) in [5.74, 6) is 0.549. The normalized spacial score (nSPS) is 30.0. The van der Waals surface area contributed by atoms with E-state index in [1.165, 1.54) is 5.57 Å². The number of hydrogen-bond acceptors (Lipinski definition) is 2. The van der Waals surface area contributed by atoms with Crippen molar-refractivity contribution >= 4 is 0 Å². The van der Waals surface area contributed by atoms with Crippen LogP contribution in [0.1, 0.15) is 13.3 Å². The minimum atomic E-state index is 0.549. The van der Waals surface area contributed by atoms with Gasteiger partial charge in [-0.05, 0) is 18.9 Å². The average molecular weight is 136 g/mol. The van der Waals surface area contributed by atoms with Gasteiger partial charge in [0.05, 0.1) is 6.07 Å². The molecule has 0 aromatic heterocycles. The van der Waals surface area contributed by atoms with Crippen LogP contribution in [0.4, 0.5) is 0 Å². The molecular weight excluding hydrogens is 124 g/mol. The van der Waals surface area contributed by atoms with Crippen LogP contribution in [0.15, 0.2) is 11.6 Å². The largest absolute Gasteiger partial charge is 0.316 e. The Balaban J connectivity index is 2.58. The van der Waals surface area contributed by atoms with Gasteiger partial charge in [0, 0.05) is 12.6 Å². The zero-order valence-electron chi connectivity index (χ0n) is 6.22. The Kier molecular flexibility index (Phi) is 2.47. The molecule has 10 heavy (non-hydrogen) atoms. The van der Waals surface area contributed by atoms with Gasteiger partial charge in [-0.1, -0.05) is 12.5 Å². The van der Waals surface area contributed by atoms with Gasteiger partial charge in [-0.2, -0.15) is 5.26 Å². The van der Waals surface area contributed by atoms with Gasteiger partial charge in [-0.15, -0.1) is 0 Å². The first-order valence-electron chi connectivity index (χ1n) is 3.64. The number of nitrogens with zero attached hydrogens (tertiary/aromatic N) is 1. The molecule has 1 unspecified atom stereocenters. The number of hydrogen-bond donors (Lipinski definition) is 1. The van der Waals surface area contributed by atoms with E-state index < -0.39 is 0 Å². The molecule has 1 saturated heterocycles. The highest BCUT2D eigenvalue weighted by Gasteiger charge is 2.12. The zero-order chi connectivity index (χ0) is 7.40. The first kappa shape index (κ1) is 7.30. The average Bonchev–Trinajstić information content (AvgIpc) is 1.94. The third-order valence-corrected chi connectivity index (χ3v) is 1.92. The highest BCUT2D eigenvalue weighted by Crippen LogP contribution is 2.16. The van der Waals surface area contributed by atoms with Gasteiger partial charge in [0.25, 0.3) is 0 Å². The van der Waals surface area contributed by atoms with Crippen LogP contribution in [0.25, 0.3) is 0 Å². The van der Waals surface area contributed by atoms with Crippen LogP contribution in [0.5, 0.6) is 0 Å². The van der Waals surface area contributed by atoms with Gasteiger partial charge < -0.3 is 5.32 Å². The van der Waals surface area contributed by atoms with Gasteiger partial charge in [0.2, 0.25) is 0 Å². The molecule has 0 aromatic carbocycles. The van der Waals surface area contributed by atoms with Crippen molar-refractivity contribution in [3.05, 3.63) is 11.6 Å². The van der Waals surface area contributed by atoms with E-state index in [0.29, 0.717) is 5.92 Å². The topological polar surface area (TPSA) is 35.8 Å². The van der Waals surface area contributed by atoms with E-state index in [1.54, 1.807) is 6.08 Å². The Labute approximate surface area is 61.5 Å². The maximum absolute atomic E-state index is 8.39. The molecule has 0 aromatic rings. The second kappa shape index (κ2) is 3.38. The highest BCUT2D eigenvalue weighted by molar-refractivity contribution is 5.17. The Morgan fingerprint density at radius 2 is 2.60 bits per heavy atom. The lowest BCUT2D eigenvalue weighted by molar-refractivity contribution is 0.502. The van der Waals surface area contributed by atoms with Crippen molar-refractivity contribution in [1.82, 2.24) is 5.32 Å². The van der Waals surface area contributed by atoms with E-state index in [1.807, 2.05) is 0 Å². The summed E-state index contributed by atoms with van der Waals surface area (Å²) in [6.45, 7) is 4.20. The van der Waals surface area contributed by atoms with E-state index in [9.17, 15) is 0 Å². The molecule has 0 spiro atoms. The zero-order valence-corrected chi connectivity index (χ0v) is 6.22. The summed E-state index contributed by atoms with van der Waals surface area (Å²) in [5, 5.41) is 11.7. The second-order valence-electron chi connectivity index (χ2n) is 2.70. The standard InChI is InChI=1S/C8H12N2/c1-7-6-10-5-3-8(7)2-4-9/h2,7,10H,3,5-6H2,1H3. The molecule has 2 nitrogen and oxygen atoms in total. The Morgan fingerprint density at radius 3 is 3.20 bits per heavy atom. The molecule has 0 aliphatic carbocycles. The molecule has 0 saturated carbocycles. The maximum atomic E-state index is 8.39. The predicted molar refractivity (Wildman–Crippen MR) is 40.3 cm³/mol. The number of piperidine rings is 1. The van der Waals surface area contributed by atoms with Gasteiger partial charge >= 0.3 is 0 Å². The molecule has 2 heteroatoms.